The fourth-order valence-corrected chi connectivity index (χ4v) is 1.03. The molecule has 62 valence electrons. The summed E-state index contributed by atoms with van der Waals surface area (Å²) in [6.07, 6.45) is 3.59. The Balaban J connectivity index is 3.09. The van der Waals surface area contributed by atoms with Gasteiger partial charge < -0.3 is 10.1 Å². The Morgan fingerprint density at radius 3 is 2.60 bits per heavy atom. The lowest BCUT2D eigenvalue weighted by molar-refractivity contribution is 0.189. The Labute approximate surface area is 64.0 Å². The van der Waals surface area contributed by atoms with Crippen LogP contribution < -0.4 is 5.32 Å². The monoisotopic (exact) mass is 145 g/mol. The molecule has 1 unspecified atom stereocenters. The summed E-state index contributed by atoms with van der Waals surface area (Å²) >= 11 is 0. The Hall–Kier alpha value is -0.0800. The van der Waals surface area contributed by atoms with Crippen molar-refractivity contribution in [2.24, 2.45) is 0 Å². The van der Waals surface area contributed by atoms with E-state index in [1.54, 1.807) is 7.11 Å². The van der Waals surface area contributed by atoms with Crippen LogP contribution in [0.2, 0.25) is 0 Å². The molecule has 0 aliphatic heterocycles. The van der Waals surface area contributed by atoms with Crippen molar-refractivity contribution in [3.63, 3.8) is 0 Å². The summed E-state index contributed by atoms with van der Waals surface area (Å²) in [5, 5.41) is 3.26. The fourth-order valence-electron chi connectivity index (χ4n) is 1.03. The second kappa shape index (κ2) is 7.03. The van der Waals surface area contributed by atoms with E-state index in [-0.39, 0.29) is 0 Å². The topological polar surface area (TPSA) is 21.3 Å². The smallest absolute Gasteiger partial charge is 0.0462 e. The van der Waals surface area contributed by atoms with Crippen LogP contribution in [-0.4, -0.2) is 26.8 Å². The number of hydrogen-bond acceptors (Lipinski definition) is 2. The molecule has 0 radical (unpaired) electrons. The van der Waals surface area contributed by atoms with Gasteiger partial charge in [0, 0.05) is 19.8 Å². The van der Waals surface area contributed by atoms with Crippen molar-refractivity contribution in [2.75, 3.05) is 20.8 Å². The lowest BCUT2D eigenvalue weighted by Crippen LogP contribution is -2.24. The lowest BCUT2D eigenvalue weighted by atomic mass is 10.1. The average molecular weight is 145 g/mol. The van der Waals surface area contributed by atoms with Crippen LogP contribution in [-0.2, 0) is 4.74 Å². The fraction of sp³-hybridized carbons (Fsp3) is 1.00. The van der Waals surface area contributed by atoms with E-state index in [1.165, 1.54) is 12.8 Å². The Kier molecular flexibility index (Phi) is 6.98. The predicted molar refractivity (Wildman–Crippen MR) is 44.2 cm³/mol. The minimum Gasteiger partial charge on any atom is -0.385 e. The number of hydrogen-bond donors (Lipinski definition) is 1. The molecule has 0 saturated carbocycles. The molecule has 0 aliphatic rings. The highest BCUT2D eigenvalue weighted by Crippen LogP contribution is 1.99. The van der Waals surface area contributed by atoms with Crippen LogP contribution >= 0.6 is 0 Å². The molecular weight excluding hydrogens is 126 g/mol. The normalized spacial score (nSPS) is 13.5. The van der Waals surface area contributed by atoms with Crippen LogP contribution in [0.25, 0.3) is 0 Å². The van der Waals surface area contributed by atoms with Crippen molar-refractivity contribution >= 4 is 0 Å². The molecular formula is C8H19NO. The average Bonchev–Trinajstić information content (AvgIpc) is 1.99. The summed E-state index contributed by atoms with van der Waals surface area (Å²) in [4.78, 5) is 0. The first-order valence-corrected chi connectivity index (χ1v) is 4.01. The minimum atomic E-state index is 0.676. The summed E-state index contributed by atoms with van der Waals surface area (Å²) in [6, 6.07) is 0.676. The molecule has 1 N–H and O–H groups in total. The van der Waals surface area contributed by atoms with Crippen molar-refractivity contribution in [3.05, 3.63) is 0 Å². The standard InChI is InChI=1S/C8H19NO/c1-4-8(9-2)6-5-7-10-3/h8-9H,4-7H2,1-3H3. The first kappa shape index (κ1) is 9.92. The molecule has 0 aromatic carbocycles. The van der Waals surface area contributed by atoms with Crippen molar-refractivity contribution in [1.29, 1.82) is 0 Å². The van der Waals surface area contributed by atoms with Gasteiger partial charge >= 0.3 is 0 Å². The van der Waals surface area contributed by atoms with Gasteiger partial charge in [0.25, 0.3) is 0 Å². The molecule has 0 rings (SSSR count). The van der Waals surface area contributed by atoms with Crippen LogP contribution in [0.15, 0.2) is 0 Å². The molecule has 0 saturated heterocycles. The van der Waals surface area contributed by atoms with Crippen molar-refractivity contribution in [3.8, 4) is 0 Å². The van der Waals surface area contributed by atoms with E-state index >= 15 is 0 Å². The van der Waals surface area contributed by atoms with Crippen LogP contribution in [0.1, 0.15) is 26.2 Å². The van der Waals surface area contributed by atoms with Gasteiger partial charge in [0.15, 0.2) is 0 Å². The second-order valence-electron chi connectivity index (χ2n) is 2.53. The third-order valence-corrected chi connectivity index (χ3v) is 1.80. The SMILES string of the molecule is CCC(CCCOC)NC. The first-order valence-electron chi connectivity index (χ1n) is 4.01. The maximum Gasteiger partial charge on any atom is 0.0462 e. The van der Waals surface area contributed by atoms with Gasteiger partial charge in [0.1, 0.15) is 0 Å². The number of ether oxygens (including phenoxy) is 1. The molecule has 2 nitrogen and oxygen atoms in total. The highest BCUT2D eigenvalue weighted by atomic mass is 16.5. The summed E-state index contributed by atoms with van der Waals surface area (Å²) < 4.78 is 4.95. The molecule has 1 atom stereocenters. The van der Waals surface area contributed by atoms with E-state index in [9.17, 15) is 0 Å². The van der Waals surface area contributed by atoms with Crippen molar-refractivity contribution < 1.29 is 4.74 Å². The molecule has 0 aromatic heterocycles. The van der Waals surface area contributed by atoms with E-state index in [1.807, 2.05) is 7.05 Å². The largest absolute Gasteiger partial charge is 0.385 e. The van der Waals surface area contributed by atoms with Gasteiger partial charge in [-0.25, -0.2) is 0 Å². The van der Waals surface area contributed by atoms with Gasteiger partial charge in [0.05, 0.1) is 0 Å². The molecule has 2 heteroatoms. The number of methoxy groups -OCH3 is 1. The Bertz CT molecular complexity index is 62.3. The first-order chi connectivity index (χ1) is 4.85. The molecule has 0 bridgehead atoms. The van der Waals surface area contributed by atoms with E-state index in [0.717, 1.165) is 13.0 Å². The predicted octanol–water partition coefficient (Wildman–Crippen LogP) is 1.41. The zero-order chi connectivity index (χ0) is 7.82. The quantitative estimate of drug-likeness (QED) is 0.571. The van der Waals surface area contributed by atoms with Gasteiger partial charge in [0.2, 0.25) is 0 Å². The Morgan fingerprint density at radius 2 is 2.20 bits per heavy atom. The highest BCUT2D eigenvalue weighted by molar-refractivity contribution is 4.60. The lowest BCUT2D eigenvalue weighted by Gasteiger charge is -2.12. The summed E-state index contributed by atoms with van der Waals surface area (Å²) in [7, 11) is 3.77. The maximum absolute atomic E-state index is 4.95. The van der Waals surface area contributed by atoms with Gasteiger partial charge in [-0.3, -0.25) is 0 Å². The van der Waals surface area contributed by atoms with Gasteiger partial charge in [-0.2, -0.15) is 0 Å². The molecule has 0 amide bonds. The Morgan fingerprint density at radius 1 is 1.50 bits per heavy atom. The summed E-state index contributed by atoms with van der Waals surface area (Å²) in [6.45, 7) is 3.09. The minimum absolute atomic E-state index is 0.676. The summed E-state index contributed by atoms with van der Waals surface area (Å²) in [5.74, 6) is 0. The van der Waals surface area contributed by atoms with Gasteiger partial charge in [-0.1, -0.05) is 6.92 Å². The second-order valence-corrected chi connectivity index (χ2v) is 2.53. The molecule has 0 aliphatic carbocycles. The third-order valence-electron chi connectivity index (χ3n) is 1.80. The molecule has 0 heterocycles. The van der Waals surface area contributed by atoms with E-state index in [2.05, 4.69) is 12.2 Å². The number of rotatable bonds is 6. The highest BCUT2D eigenvalue weighted by Gasteiger charge is 2.00. The zero-order valence-electron chi connectivity index (χ0n) is 7.31. The van der Waals surface area contributed by atoms with Gasteiger partial charge in [-0.05, 0) is 26.3 Å². The molecule has 0 fully saturated rings. The van der Waals surface area contributed by atoms with Crippen LogP contribution in [0, 0.1) is 0 Å². The molecule has 0 spiro atoms. The van der Waals surface area contributed by atoms with E-state index in [4.69, 9.17) is 4.74 Å². The molecule has 10 heavy (non-hydrogen) atoms. The van der Waals surface area contributed by atoms with E-state index in [0.29, 0.717) is 6.04 Å². The summed E-state index contributed by atoms with van der Waals surface area (Å²) in [5.41, 5.74) is 0. The molecule has 0 aromatic rings. The van der Waals surface area contributed by atoms with Crippen molar-refractivity contribution in [2.45, 2.75) is 32.2 Å². The van der Waals surface area contributed by atoms with Crippen LogP contribution in [0.4, 0.5) is 0 Å². The maximum atomic E-state index is 4.95. The zero-order valence-corrected chi connectivity index (χ0v) is 7.31. The number of nitrogens with one attached hydrogen (secondary N) is 1. The third kappa shape index (κ3) is 4.77. The van der Waals surface area contributed by atoms with Gasteiger partial charge in [-0.15, -0.1) is 0 Å². The van der Waals surface area contributed by atoms with Crippen LogP contribution in [0.5, 0.6) is 0 Å². The van der Waals surface area contributed by atoms with E-state index < -0.39 is 0 Å². The van der Waals surface area contributed by atoms with Crippen LogP contribution in [0.3, 0.4) is 0 Å². The van der Waals surface area contributed by atoms with Crippen molar-refractivity contribution in [1.82, 2.24) is 5.32 Å².